The van der Waals surface area contributed by atoms with Crippen LogP contribution < -0.4 is 5.32 Å². The molecule has 0 spiro atoms. The van der Waals surface area contributed by atoms with Crippen molar-refractivity contribution in [3.8, 4) is 0 Å². The van der Waals surface area contributed by atoms with Gasteiger partial charge in [-0.2, -0.15) is 0 Å². The van der Waals surface area contributed by atoms with Gasteiger partial charge in [0.25, 0.3) is 0 Å². The molecular weight excluding hydrogens is 254 g/mol. The summed E-state index contributed by atoms with van der Waals surface area (Å²) < 4.78 is 0. The van der Waals surface area contributed by atoms with Gasteiger partial charge in [0.1, 0.15) is 0 Å². The van der Waals surface area contributed by atoms with Gasteiger partial charge in [-0.25, -0.2) is 0 Å². The minimum absolute atomic E-state index is 0.0838. The number of aliphatic carboxylic acids is 1. The van der Waals surface area contributed by atoms with Gasteiger partial charge in [-0.15, -0.1) is 0 Å². The molecule has 0 saturated heterocycles. The van der Waals surface area contributed by atoms with E-state index in [1.807, 2.05) is 12.2 Å². The first-order valence-corrected chi connectivity index (χ1v) is 7.75. The summed E-state index contributed by atoms with van der Waals surface area (Å²) in [4.78, 5) is 23.5. The summed E-state index contributed by atoms with van der Waals surface area (Å²) in [7, 11) is 0. The zero-order valence-corrected chi connectivity index (χ0v) is 12.2. The molecule has 2 unspecified atom stereocenters. The molecule has 1 amide bonds. The van der Waals surface area contributed by atoms with E-state index in [1.54, 1.807) is 0 Å². The van der Waals surface area contributed by atoms with Crippen molar-refractivity contribution in [1.29, 1.82) is 0 Å². The smallest absolute Gasteiger partial charge is 0.307 e. The lowest BCUT2D eigenvalue weighted by atomic mass is 9.79. The van der Waals surface area contributed by atoms with Gasteiger partial charge in [0.15, 0.2) is 0 Å². The van der Waals surface area contributed by atoms with Crippen molar-refractivity contribution in [2.75, 3.05) is 6.54 Å². The fourth-order valence-corrected chi connectivity index (χ4v) is 3.44. The van der Waals surface area contributed by atoms with Crippen LogP contribution in [0.1, 0.15) is 45.4 Å². The molecule has 4 nitrogen and oxygen atoms in total. The van der Waals surface area contributed by atoms with Crippen LogP contribution in [0.2, 0.25) is 0 Å². The Morgan fingerprint density at radius 2 is 1.80 bits per heavy atom. The summed E-state index contributed by atoms with van der Waals surface area (Å²) in [5.41, 5.74) is 0. The standard InChI is InChI=1S/C16H25NO3/c1-11-6-2-3-7-12(11)10-17-15(18)13-8-4-5-9-14(13)16(19)20/h4-5,11-14H,2-3,6-10H2,1H3,(H,17,18)(H,19,20)/t11?,12?,13-,14+/m1/s1. The number of carbonyl (C=O) groups excluding carboxylic acids is 1. The van der Waals surface area contributed by atoms with Gasteiger partial charge in [-0.1, -0.05) is 38.3 Å². The molecule has 20 heavy (non-hydrogen) atoms. The molecular formula is C16H25NO3. The van der Waals surface area contributed by atoms with Crippen LogP contribution in [-0.2, 0) is 9.59 Å². The van der Waals surface area contributed by atoms with Gasteiger partial charge in [0.2, 0.25) is 5.91 Å². The molecule has 0 aromatic carbocycles. The van der Waals surface area contributed by atoms with Gasteiger partial charge < -0.3 is 10.4 Å². The third kappa shape index (κ3) is 3.62. The van der Waals surface area contributed by atoms with E-state index in [0.29, 0.717) is 31.2 Å². The molecule has 1 saturated carbocycles. The predicted molar refractivity (Wildman–Crippen MR) is 77.1 cm³/mol. The number of carbonyl (C=O) groups is 2. The lowest BCUT2D eigenvalue weighted by molar-refractivity contribution is -0.147. The molecule has 0 heterocycles. The Labute approximate surface area is 120 Å². The van der Waals surface area contributed by atoms with Crippen LogP contribution >= 0.6 is 0 Å². The van der Waals surface area contributed by atoms with Crippen molar-refractivity contribution in [2.45, 2.75) is 45.4 Å². The lowest BCUT2D eigenvalue weighted by Crippen LogP contribution is -2.41. The van der Waals surface area contributed by atoms with Crippen LogP contribution in [-0.4, -0.2) is 23.5 Å². The third-order valence-electron chi connectivity index (χ3n) is 4.91. The second-order valence-corrected chi connectivity index (χ2v) is 6.26. The molecule has 2 rings (SSSR count). The van der Waals surface area contributed by atoms with Crippen molar-refractivity contribution < 1.29 is 14.7 Å². The summed E-state index contributed by atoms with van der Waals surface area (Å²) in [6.45, 7) is 2.95. The Bertz CT molecular complexity index is 391. The number of carboxylic acid groups (broad SMARTS) is 1. The van der Waals surface area contributed by atoms with Crippen molar-refractivity contribution >= 4 is 11.9 Å². The van der Waals surface area contributed by atoms with Gasteiger partial charge >= 0.3 is 5.97 Å². The Morgan fingerprint density at radius 1 is 1.15 bits per heavy atom. The van der Waals surface area contributed by atoms with Crippen LogP contribution in [0.15, 0.2) is 12.2 Å². The summed E-state index contributed by atoms with van der Waals surface area (Å²) in [5, 5.41) is 12.2. The third-order valence-corrected chi connectivity index (χ3v) is 4.91. The first kappa shape index (κ1) is 15.1. The Kier molecular flexibility index (Phi) is 5.21. The fourth-order valence-electron chi connectivity index (χ4n) is 3.44. The second-order valence-electron chi connectivity index (χ2n) is 6.26. The maximum absolute atomic E-state index is 12.3. The average molecular weight is 279 g/mol. The van der Waals surface area contributed by atoms with E-state index >= 15 is 0 Å². The largest absolute Gasteiger partial charge is 0.481 e. The number of amides is 1. The van der Waals surface area contributed by atoms with Gasteiger partial charge in [0.05, 0.1) is 11.8 Å². The van der Waals surface area contributed by atoms with Crippen LogP contribution in [0, 0.1) is 23.7 Å². The normalized spacial score (nSPS) is 33.6. The van der Waals surface area contributed by atoms with E-state index in [-0.39, 0.29) is 5.91 Å². The first-order valence-electron chi connectivity index (χ1n) is 7.75. The molecule has 0 aromatic heterocycles. The highest BCUT2D eigenvalue weighted by Crippen LogP contribution is 2.30. The van der Waals surface area contributed by atoms with Crippen molar-refractivity contribution in [1.82, 2.24) is 5.32 Å². The quantitative estimate of drug-likeness (QED) is 0.777. The zero-order valence-electron chi connectivity index (χ0n) is 12.2. The Hall–Kier alpha value is -1.32. The van der Waals surface area contributed by atoms with Gasteiger partial charge in [0, 0.05) is 6.54 Å². The minimum Gasteiger partial charge on any atom is -0.481 e. The second kappa shape index (κ2) is 6.91. The SMILES string of the molecule is CC1CCCCC1CNC(=O)[C@@H]1CC=CC[C@@H]1C(=O)O. The Balaban J connectivity index is 1.87. The van der Waals surface area contributed by atoms with E-state index in [9.17, 15) is 14.7 Å². The molecule has 0 bridgehead atoms. The van der Waals surface area contributed by atoms with Crippen molar-refractivity contribution in [3.63, 3.8) is 0 Å². The lowest BCUT2D eigenvalue weighted by Gasteiger charge is -2.30. The average Bonchev–Trinajstić information content (AvgIpc) is 2.46. The van der Waals surface area contributed by atoms with E-state index < -0.39 is 17.8 Å². The van der Waals surface area contributed by atoms with Gasteiger partial charge in [-0.05, 0) is 31.1 Å². The van der Waals surface area contributed by atoms with Crippen molar-refractivity contribution in [2.24, 2.45) is 23.7 Å². The zero-order chi connectivity index (χ0) is 14.5. The van der Waals surface area contributed by atoms with E-state index in [1.165, 1.54) is 25.7 Å². The summed E-state index contributed by atoms with van der Waals surface area (Å²) >= 11 is 0. The van der Waals surface area contributed by atoms with Crippen LogP contribution in [0.4, 0.5) is 0 Å². The van der Waals surface area contributed by atoms with Gasteiger partial charge in [-0.3, -0.25) is 9.59 Å². The number of hydrogen-bond acceptors (Lipinski definition) is 2. The van der Waals surface area contributed by atoms with Crippen LogP contribution in [0.3, 0.4) is 0 Å². The van der Waals surface area contributed by atoms with Crippen LogP contribution in [0.5, 0.6) is 0 Å². The number of rotatable bonds is 4. The molecule has 1 fully saturated rings. The summed E-state index contributed by atoms with van der Waals surface area (Å²) in [6.07, 6.45) is 9.75. The highest BCUT2D eigenvalue weighted by atomic mass is 16.4. The first-order chi connectivity index (χ1) is 9.59. The maximum atomic E-state index is 12.3. The summed E-state index contributed by atoms with van der Waals surface area (Å²) in [6, 6.07) is 0. The predicted octanol–water partition coefficient (Wildman–Crippen LogP) is 2.60. The van der Waals surface area contributed by atoms with E-state index in [0.717, 1.165) is 0 Å². The Morgan fingerprint density at radius 3 is 2.45 bits per heavy atom. The molecule has 0 radical (unpaired) electrons. The molecule has 0 aromatic rings. The van der Waals surface area contributed by atoms with E-state index in [2.05, 4.69) is 12.2 Å². The monoisotopic (exact) mass is 279 g/mol. The van der Waals surface area contributed by atoms with E-state index in [4.69, 9.17) is 0 Å². The fraction of sp³-hybridized carbons (Fsp3) is 0.750. The molecule has 2 N–H and O–H groups in total. The van der Waals surface area contributed by atoms with Crippen molar-refractivity contribution in [3.05, 3.63) is 12.2 Å². The molecule has 4 heteroatoms. The molecule has 0 aliphatic heterocycles. The highest BCUT2D eigenvalue weighted by Gasteiger charge is 2.34. The number of nitrogens with one attached hydrogen (secondary N) is 1. The number of allylic oxidation sites excluding steroid dienone is 2. The minimum atomic E-state index is -0.861. The molecule has 112 valence electrons. The summed E-state index contributed by atoms with van der Waals surface area (Å²) in [5.74, 6) is -0.707. The molecule has 4 atom stereocenters. The van der Waals surface area contributed by atoms with Crippen LogP contribution in [0.25, 0.3) is 0 Å². The maximum Gasteiger partial charge on any atom is 0.307 e. The number of hydrogen-bond donors (Lipinski definition) is 2. The molecule has 2 aliphatic rings. The topological polar surface area (TPSA) is 66.4 Å². The number of carboxylic acids is 1. The molecule has 2 aliphatic carbocycles. The highest BCUT2D eigenvalue weighted by molar-refractivity contribution is 5.85.